The van der Waals surface area contributed by atoms with Gasteiger partial charge in [0.15, 0.2) is 0 Å². The van der Waals surface area contributed by atoms with E-state index in [4.69, 9.17) is 54.7 Å². The first-order valence-corrected chi connectivity index (χ1v) is 39.7. The number of hydrogen-bond donors (Lipinski definition) is 7. The van der Waals surface area contributed by atoms with Gasteiger partial charge in [-0.3, -0.25) is 0 Å². The number of rotatable bonds is 22. The standard InChI is InChI=1S/C13H24O2.2C12H22O2.C12H22O.C11H20O2.C11H20O.C10H18O/c1-9-10(2)13-8-12(9)7-11(13)3-5-15-6-4-14;1-8-9(2)12-6-10(8)5-11(12)7-14-4-3-13;1-8-9(2)12-6-11(8)5-10(12)3-4-14-7-13;1-8-9(2)12-7-11(8)6-10(12)4-3-5-13;1-7-8(2)11-4-9(7)3-10(11)5-13-6-12;1-7-8(2)11-6-10(7)5-9(11)3-4-12;1-6-7(2)10-4-8(6)3-9(10)5-11/h9-14H,3-8H2,1-2H3;2*8-13H,3-7H2,1-2H3;8-13H,3-7H2,1-2H3;7-12H,3-6H2,1-2H3;7-12H,3-6H2,1-2H3;6-11H,3-5H2,1-2H3. The van der Waals surface area contributed by atoms with Crippen LogP contribution in [0.15, 0.2) is 0 Å². The highest BCUT2D eigenvalue weighted by atomic mass is 16.6. The molecule has 92 heavy (non-hydrogen) atoms. The van der Waals surface area contributed by atoms with Crippen molar-refractivity contribution < 1.29 is 54.7 Å². The minimum absolute atomic E-state index is 0.113. The Bertz CT molecular complexity index is 1960. The molecule has 0 aromatic carbocycles. The van der Waals surface area contributed by atoms with Gasteiger partial charge in [-0.1, -0.05) is 96.9 Å². The quantitative estimate of drug-likeness (QED) is 0.0405. The summed E-state index contributed by atoms with van der Waals surface area (Å²) in [6.07, 6.45) is 25.5. The highest BCUT2D eigenvalue weighted by Gasteiger charge is 2.54. The van der Waals surface area contributed by atoms with Gasteiger partial charge in [0, 0.05) is 39.6 Å². The minimum atomic E-state index is -0.118. The molecule has 0 aliphatic heterocycles. The molecular weight excluding hydrogens is 1150 g/mol. The third kappa shape index (κ3) is 18.2. The summed E-state index contributed by atoms with van der Waals surface area (Å²) in [5.41, 5.74) is 0. The molecule has 14 fully saturated rings. The summed E-state index contributed by atoms with van der Waals surface area (Å²) < 4.78 is 20.9. The SMILES string of the molecule is CC1C2CC(CCCO)C(C2)C1C.CC1C2CC(CCO)C(C2)C1C.CC1C2CC(CCOCCO)C(C2)C1C.CC1C2CC(CCOCO)C(C2)C1C.CC1C2CC(CO)C(C2)C1C.CC1C2CC(COCCO)C(C2)C1C.CC1C2CC(COCO)C(C2)C1C. The summed E-state index contributed by atoms with van der Waals surface area (Å²) in [6, 6.07) is 0. The van der Waals surface area contributed by atoms with Gasteiger partial charge in [-0.15, -0.1) is 0 Å². The predicted octanol–water partition coefficient (Wildman–Crippen LogP) is 15.3. The van der Waals surface area contributed by atoms with Crippen LogP contribution in [-0.2, 0) is 18.9 Å². The molecule has 0 aromatic rings. The van der Waals surface area contributed by atoms with Crippen LogP contribution in [0.25, 0.3) is 0 Å². The average Bonchev–Trinajstić information content (AvgIpc) is 1.76. The molecule has 7 N–H and O–H groups in total. The highest BCUT2D eigenvalue weighted by molar-refractivity contribution is 5.03. The molecule has 35 atom stereocenters. The molecule has 0 spiro atoms. The molecule has 538 valence electrons. The molecule has 14 bridgehead atoms. The Kier molecular flexibility index (Phi) is 30.9. The summed E-state index contributed by atoms with van der Waals surface area (Å²) in [7, 11) is 0. The van der Waals surface area contributed by atoms with E-state index in [9.17, 15) is 0 Å². The molecule has 35 unspecified atom stereocenters. The van der Waals surface area contributed by atoms with Gasteiger partial charge in [-0.25, -0.2) is 0 Å². The summed E-state index contributed by atoms with van der Waals surface area (Å²) in [5, 5.41) is 61.2. The first kappa shape index (κ1) is 77.3. The highest BCUT2D eigenvalue weighted by Crippen LogP contribution is 2.61. The Hall–Kier alpha value is -0.440. The Balaban J connectivity index is 0.000000138. The fourth-order valence-corrected chi connectivity index (χ4v) is 25.3. The molecule has 0 radical (unpaired) electrons. The van der Waals surface area contributed by atoms with E-state index in [1.165, 1.54) is 103 Å². The minimum Gasteiger partial charge on any atom is -0.396 e. The van der Waals surface area contributed by atoms with Crippen molar-refractivity contribution in [3.63, 3.8) is 0 Å². The lowest BCUT2D eigenvalue weighted by atomic mass is 9.74. The molecule has 11 nitrogen and oxygen atoms in total. The van der Waals surface area contributed by atoms with Crippen LogP contribution in [-0.4, -0.2) is 122 Å². The molecule has 0 aromatic heterocycles. The van der Waals surface area contributed by atoms with Crippen LogP contribution in [0.4, 0.5) is 0 Å². The Morgan fingerprint density at radius 3 is 0.793 bits per heavy atom. The first-order chi connectivity index (χ1) is 44.2. The number of ether oxygens (including phenoxy) is 4. The molecule has 14 rings (SSSR count). The van der Waals surface area contributed by atoms with Gasteiger partial charge in [-0.05, 0) is 329 Å². The molecule has 14 aliphatic carbocycles. The second-order valence-electron chi connectivity index (χ2n) is 35.4. The second-order valence-corrected chi connectivity index (χ2v) is 35.4. The normalized spacial score (nSPS) is 48.3. The van der Waals surface area contributed by atoms with Gasteiger partial charge < -0.3 is 54.7 Å². The lowest BCUT2D eigenvalue weighted by Gasteiger charge is -2.31. The largest absolute Gasteiger partial charge is 0.396 e. The number of aliphatic hydroxyl groups is 7. The topological polar surface area (TPSA) is 179 Å². The van der Waals surface area contributed by atoms with E-state index in [-0.39, 0.29) is 26.8 Å². The Morgan fingerprint density at radius 2 is 0.500 bits per heavy atom. The van der Waals surface area contributed by atoms with Crippen molar-refractivity contribution in [3.8, 4) is 0 Å². The van der Waals surface area contributed by atoms with E-state index in [2.05, 4.69) is 96.9 Å². The molecular formula is C81H148O11. The van der Waals surface area contributed by atoms with Crippen molar-refractivity contribution in [2.75, 3.05) is 86.3 Å². The fraction of sp³-hybridized carbons (Fsp3) is 1.00. The third-order valence-electron chi connectivity index (χ3n) is 32.3. The zero-order chi connectivity index (χ0) is 66.7. The van der Waals surface area contributed by atoms with Gasteiger partial charge in [0.05, 0.1) is 33.0 Å². The smallest absolute Gasteiger partial charge is 0.143 e. The first-order valence-electron chi connectivity index (χ1n) is 39.7. The Labute approximate surface area is 564 Å². The molecule has 0 heterocycles. The second kappa shape index (κ2) is 36.8. The molecule has 0 saturated heterocycles. The van der Waals surface area contributed by atoms with E-state index < -0.39 is 0 Å². The molecule has 11 heteroatoms. The van der Waals surface area contributed by atoms with E-state index >= 15 is 0 Å². The fourth-order valence-electron chi connectivity index (χ4n) is 25.3. The van der Waals surface area contributed by atoms with Crippen LogP contribution < -0.4 is 0 Å². The average molecular weight is 1300 g/mol. The van der Waals surface area contributed by atoms with Crippen LogP contribution >= 0.6 is 0 Å². The van der Waals surface area contributed by atoms with Gasteiger partial charge >= 0.3 is 0 Å². The van der Waals surface area contributed by atoms with Crippen LogP contribution in [0.2, 0.25) is 0 Å². The van der Waals surface area contributed by atoms with Crippen molar-refractivity contribution >= 4 is 0 Å². The predicted molar refractivity (Wildman–Crippen MR) is 372 cm³/mol. The lowest BCUT2D eigenvalue weighted by Crippen LogP contribution is -2.27. The van der Waals surface area contributed by atoms with Gasteiger partial charge in [0.1, 0.15) is 13.6 Å². The van der Waals surface area contributed by atoms with Crippen molar-refractivity contribution in [2.45, 2.75) is 219 Å². The number of fused-ring (bicyclic) bond motifs is 14. The summed E-state index contributed by atoms with van der Waals surface area (Å²) >= 11 is 0. The van der Waals surface area contributed by atoms with Crippen LogP contribution in [0.3, 0.4) is 0 Å². The van der Waals surface area contributed by atoms with Gasteiger partial charge in [0.2, 0.25) is 0 Å². The van der Waals surface area contributed by atoms with Crippen molar-refractivity contribution in [2.24, 2.45) is 207 Å². The molecule has 14 saturated carbocycles. The van der Waals surface area contributed by atoms with Crippen molar-refractivity contribution in [1.82, 2.24) is 0 Å². The lowest BCUT2D eigenvalue weighted by molar-refractivity contribution is -0.0320. The zero-order valence-electron chi connectivity index (χ0n) is 61.6. The summed E-state index contributed by atoms with van der Waals surface area (Å²) in [4.78, 5) is 0. The van der Waals surface area contributed by atoms with Crippen molar-refractivity contribution in [3.05, 3.63) is 0 Å². The molecule has 14 aliphatic rings. The number of hydrogen-bond acceptors (Lipinski definition) is 11. The van der Waals surface area contributed by atoms with Crippen LogP contribution in [0, 0.1) is 207 Å². The zero-order valence-corrected chi connectivity index (χ0v) is 61.6. The maximum Gasteiger partial charge on any atom is 0.143 e. The van der Waals surface area contributed by atoms with Gasteiger partial charge in [0.25, 0.3) is 0 Å². The van der Waals surface area contributed by atoms with Crippen LogP contribution in [0.5, 0.6) is 0 Å². The third-order valence-corrected chi connectivity index (χ3v) is 32.3. The summed E-state index contributed by atoms with van der Waals surface area (Å²) in [5.74, 6) is 31.9. The maximum absolute atomic E-state index is 9.09. The van der Waals surface area contributed by atoms with Crippen molar-refractivity contribution in [1.29, 1.82) is 0 Å². The van der Waals surface area contributed by atoms with E-state index in [1.54, 1.807) is 0 Å². The molecule has 0 amide bonds. The van der Waals surface area contributed by atoms with Crippen LogP contribution in [0.1, 0.15) is 219 Å². The van der Waals surface area contributed by atoms with E-state index in [0.29, 0.717) is 39.0 Å². The van der Waals surface area contributed by atoms with E-state index in [1.807, 2.05) is 0 Å². The summed E-state index contributed by atoms with van der Waals surface area (Å²) in [6.45, 7) is 39.2. The maximum atomic E-state index is 9.09. The van der Waals surface area contributed by atoms with E-state index in [0.717, 1.165) is 247 Å². The monoisotopic (exact) mass is 1300 g/mol. The Morgan fingerprint density at radius 1 is 0.228 bits per heavy atom. The number of aliphatic hydroxyl groups excluding tert-OH is 7. The van der Waals surface area contributed by atoms with Gasteiger partial charge in [-0.2, -0.15) is 0 Å².